The van der Waals surface area contributed by atoms with Crippen molar-refractivity contribution >= 4 is 0 Å². The van der Waals surface area contributed by atoms with Gasteiger partial charge in [-0.15, -0.1) is 5.10 Å². The molecule has 1 fully saturated rings. The summed E-state index contributed by atoms with van der Waals surface area (Å²) in [4.78, 5) is 0. The lowest BCUT2D eigenvalue weighted by Gasteiger charge is -2.13. The molecule has 96 valence electrons. The Morgan fingerprint density at radius 3 is 2.94 bits per heavy atom. The Morgan fingerprint density at radius 2 is 2.24 bits per heavy atom. The predicted octanol–water partition coefficient (Wildman–Crippen LogP) is 0.913. The molecule has 0 spiro atoms. The van der Waals surface area contributed by atoms with Crippen LogP contribution >= 0.6 is 0 Å². The minimum Gasteiger partial charge on any atom is -0.376 e. The molecular weight excluding hydrogens is 218 g/mol. The summed E-state index contributed by atoms with van der Waals surface area (Å²) in [5.41, 5.74) is 0. The van der Waals surface area contributed by atoms with Gasteiger partial charge in [0.25, 0.3) is 0 Å². The third-order valence-corrected chi connectivity index (χ3v) is 3.34. The fourth-order valence-corrected chi connectivity index (χ4v) is 2.17. The summed E-state index contributed by atoms with van der Waals surface area (Å²) in [5.74, 6) is 0.863. The van der Waals surface area contributed by atoms with Gasteiger partial charge < -0.3 is 10.1 Å². The van der Waals surface area contributed by atoms with Gasteiger partial charge in [-0.3, -0.25) is 0 Å². The molecule has 0 saturated heterocycles. The molecule has 0 aliphatic heterocycles. The lowest BCUT2D eigenvalue weighted by Crippen LogP contribution is -2.21. The highest BCUT2D eigenvalue weighted by Crippen LogP contribution is 2.20. The van der Waals surface area contributed by atoms with E-state index in [1.807, 2.05) is 18.7 Å². The van der Waals surface area contributed by atoms with E-state index >= 15 is 0 Å². The lowest BCUT2D eigenvalue weighted by molar-refractivity contribution is 0.0506. The highest BCUT2D eigenvalue weighted by molar-refractivity contribution is 4.88. The molecule has 6 nitrogen and oxygen atoms in total. The second-order valence-corrected chi connectivity index (χ2v) is 4.55. The molecule has 1 N–H and O–H groups in total. The van der Waals surface area contributed by atoms with Crippen molar-refractivity contribution in [3.8, 4) is 0 Å². The largest absolute Gasteiger partial charge is 0.376 e. The summed E-state index contributed by atoms with van der Waals surface area (Å²) in [6.45, 7) is 3.46. The Labute approximate surface area is 102 Å². The summed E-state index contributed by atoms with van der Waals surface area (Å²) in [5, 5.41) is 14.9. The highest BCUT2D eigenvalue weighted by atomic mass is 16.5. The normalized spacial score (nSPS) is 18.7. The van der Waals surface area contributed by atoms with E-state index in [9.17, 15) is 0 Å². The fourth-order valence-electron chi connectivity index (χ4n) is 2.17. The molecule has 2 rings (SSSR count). The van der Waals surface area contributed by atoms with E-state index in [2.05, 4.69) is 20.8 Å². The van der Waals surface area contributed by atoms with Crippen molar-refractivity contribution < 1.29 is 4.74 Å². The third kappa shape index (κ3) is 3.23. The van der Waals surface area contributed by atoms with Crippen molar-refractivity contribution in [1.82, 2.24) is 25.5 Å². The summed E-state index contributed by atoms with van der Waals surface area (Å²) < 4.78 is 7.62. The molecule has 1 aliphatic carbocycles. The topological polar surface area (TPSA) is 64.9 Å². The first kappa shape index (κ1) is 12.4. The van der Waals surface area contributed by atoms with Crippen LogP contribution in [0.4, 0.5) is 0 Å². The lowest BCUT2D eigenvalue weighted by atomic mass is 10.3. The van der Waals surface area contributed by atoms with E-state index in [1.165, 1.54) is 25.7 Å². The number of hydrogen-bond acceptors (Lipinski definition) is 5. The van der Waals surface area contributed by atoms with Crippen LogP contribution in [0, 0.1) is 0 Å². The van der Waals surface area contributed by atoms with Gasteiger partial charge in [0.1, 0.15) is 0 Å². The zero-order valence-corrected chi connectivity index (χ0v) is 10.6. The SMILES string of the molecule is CNC(C)c1nnnn1CCOC1CCCC1. The van der Waals surface area contributed by atoms with E-state index in [1.54, 1.807) is 0 Å². The van der Waals surface area contributed by atoms with E-state index in [0.717, 1.165) is 12.4 Å². The Morgan fingerprint density at radius 1 is 1.47 bits per heavy atom. The van der Waals surface area contributed by atoms with Crippen LogP contribution in [-0.2, 0) is 11.3 Å². The van der Waals surface area contributed by atoms with Crippen LogP contribution in [0.25, 0.3) is 0 Å². The van der Waals surface area contributed by atoms with Crippen molar-refractivity contribution in [1.29, 1.82) is 0 Å². The molecule has 1 unspecified atom stereocenters. The van der Waals surface area contributed by atoms with Gasteiger partial charge in [0.15, 0.2) is 5.82 Å². The molecule has 1 aromatic rings. The number of ether oxygens (including phenoxy) is 1. The van der Waals surface area contributed by atoms with Crippen LogP contribution < -0.4 is 5.32 Å². The number of nitrogens with one attached hydrogen (secondary N) is 1. The molecule has 0 amide bonds. The average Bonchev–Trinajstić information content (AvgIpc) is 2.99. The van der Waals surface area contributed by atoms with Crippen molar-refractivity contribution in [2.45, 2.75) is 51.3 Å². The fraction of sp³-hybridized carbons (Fsp3) is 0.909. The Hall–Kier alpha value is -1.01. The number of aromatic nitrogens is 4. The predicted molar refractivity (Wildman–Crippen MR) is 63.5 cm³/mol. The molecule has 1 atom stereocenters. The van der Waals surface area contributed by atoms with Gasteiger partial charge in [-0.1, -0.05) is 12.8 Å². The van der Waals surface area contributed by atoms with Gasteiger partial charge >= 0.3 is 0 Å². The van der Waals surface area contributed by atoms with Crippen LogP contribution in [0.15, 0.2) is 0 Å². The number of rotatable bonds is 6. The molecule has 0 bridgehead atoms. The van der Waals surface area contributed by atoms with Gasteiger partial charge in [0.05, 0.1) is 25.3 Å². The Kier molecular flexibility index (Phi) is 4.44. The Bertz CT molecular complexity index is 334. The molecule has 1 aromatic heterocycles. The van der Waals surface area contributed by atoms with Crippen molar-refractivity contribution in [3.63, 3.8) is 0 Å². The average molecular weight is 239 g/mol. The van der Waals surface area contributed by atoms with Crippen LogP contribution in [0.3, 0.4) is 0 Å². The minimum absolute atomic E-state index is 0.163. The zero-order valence-electron chi connectivity index (χ0n) is 10.6. The minimum atomic E-state index is 0.163. The zero-order chi connectivity index (χ0) is 12.1. The first-order valence-corrected chi connectivity index (χ1v) is 6.36. The highest BCUT2D eigenvalue weighted by Gasteiger charge is 2.16. The summed E-state index contributed by atoms with van der Waals surface area (Å²) in [6.07, 6.45) is 5.47. The smallest absolute Gasteiger partial charge is 0.168 e. The second kappa shape index (κ2) is 6.07. The molecule has 1 heterocycles. The van der Waals surface area contributed by atoms with Crippen molar-refractivity contribution in [2.75, 3.05) is 13.7 Å². The second-order valence-electron chi connectivity index (χ2n) is 4.55. The van der Waals surface area contributed by atoms with Crippen molar-refractivity contribution in [2.24, 2.45) is 0 Å². The van der Waals surface area contributed by atoms with Crippen LogP contribution in [-0.4, -0.2) is 40.0 Å². The van der Waals surface area contributed by atoms with Gasteiger partial charge in [0, 0.05) is 0 Å². The first-order valence-electron chi connectivity index (χ1n) is 6.36. The van der Waals surface area contributed by atoms with Gasteiger partial charge in [-0.05, 0) is 37.2 Å². The molecule has 0 aromatic carbocycles. The van der Waals surface area contributed by atoms with Crippen LogP contribution in [0.2, 0.25) is 0 Å². The molecule has 1 saturated carbocycles. The summed E-state index contributed by atoms with van der Waals surface area (Å²) >= 11 is 0. The van der Waals surface area contributed by atoms with E-state index < -0.39 is 0 Å². The molecule has 17 heavy (non-hydrogen) atoms. The van der Waals surface area contributed by atoms with Crippen molar-refractivity contribution in [3.05, 3.63) is 5.82 Å². The maximum atomic E-state index is 5.81. The molecular formula is C11H21N5O. The van der Waals surface area contributed by atoms with Crippen LogP contribution in [0.5, 0.6) is 0 Å². The quantitative estimate of drug-likeness (QED) is 0.799. The number of hydrogen-bond donors (Lipinski definition) is 1. The van der Waals surface area contributed by atoms with E-state index in [4.69, 9.17) is 4.74 Å². The van der Waals surface area contributed by atoms with Crippen LogP contribution in [0.1, 0.15) is 44.5 Å². The van der Waals surface area contributed by atoms with Gasteiger partial charge in [-0.2, -0.15) is 0 Å². The standard InChI is InChI=1S/C11H21N5O/c1-9(12-2)11-13-14-15-16(11)7-8-17-10-5-3-4-6-10/h9-10,12H,3-8H2,1-2H3. The third-order valence-electron chi connectivity index (χ3n) is 3.34. The number of nitrogens with zero attached hydrogens (tertiary/aromatic N) is 4. The van der Waals surface area contributed by atoms with E-state index in [-0.39, 0.29) is 6.04 Å². The molecule has 1 aliphatic rings. The summed E-state index contributed by atoms with van der Waals surface area (Å²) in [6, 6.07) is 0.163. The van der Waals surface area contributed by atoms with Gasteiger partial charge in [0.2, 0.25) is 0 Å². The monoisotopic (exact) mass is 239 g/mol. The molecule has 6 heteroatoms. The number of tetrazole rings is 1. The summed E-state index contributed by atoms with van der Waals surface area (Å²) in [7, 11) is 1.90. The first-order chi connectivity index (χ1) is 8.31. The van der Waals surface area contributed by atoms with Gasteiger partial charge in [-0.25, -0.2) is 4.68 Å². The molecule has 0 radical (unpaired) electrons. The maximum absolute atomic E-state index is 5.81. The van der Waals surface area contributed by atoms with E-state index in [0.29, 0.717) is 12.7 Å². The maximum Gasteiger partial charge on any atom is 0.168 e. The Balaban J connectivity index is 1.79.